The van der Waals surface area contributed by atoms with E-state index < -0.39 is 0 Å². The van der Waals surface area contributed by atoms with Gasteiger partial charge in [-0.05, 0) is 139 Å². The van der Waals surface area contributed by atoms with Crippen molar-refractivity contribution in [1.82, 2.24) is 4.98 Å². The molecule has 12 aromatic rings. The van der Waals surface area contributed by atoms with Crippen molar-refractivity contribution < 1.29 is 0 Å². The maximum Gasteiger partial charge on any atom is 0.0702 e. The quantitative estimate of drug-likeness (QED) is 0.133. The first-order chi connectivity index (χ1) is 25.8. The lowest BCUT2D eigenvalue weighted by atomic mass is 9.83. The zero-order valence-corrected chi connectivity index (χ0v) is 28.2. The molecule has 0 aliphatic carbocycles. The highest BCUT2D eigenvalue weighted by atomic mass is 14.6. The van der Waals surface area contributed by atoms with Gasteiger partial charge in [-0.2, -0.15) is 0 Å². The fourth-order valence-corrected chi connectivity index (χ4v) is 9.41. The summed E-state index contributed by atoms with van der Waals surface area (Å²) in [5.74, 6) is 0. The molecule has 0 bridgehead atoms. The van der Waals surface area contributed by atoms with E-state index in [9.17, 15) is 0 Å². The SMILES string of the molecule is c1cnc2ccc(-c3c4ccccc4c(-c4cc5ccc6cccc7c8cccc9ccc%10cccc(c(c4)c5c67)c%10c98)c4ccccc34)cc2c1. The van der Waals surface area contributed by atoms with E-state index in [0.717, 1.165) is 10.9 Å². The molecule has 1 nitrogen and oxygen atoms in total. The highest BCUT2D eigenvalue weighted by molar-refractivity contribution is 6.37. The Hall–Kier alpha value is -6.83. The average molecular weight is 656 g/mol. The van der Waals surface area contributed by atoms with Crippen LogP contribution in [0.5, 0.6) is 0 Å². The van der Waals surface area contributed by atoms with E-state index in [0.29, 0.717) is 0 Å². The minimum absolute atomic E-state index is 1.01. The molecule has 0 saturated carbocycles. The fourth-order valence-electron chi connectivity index (χ4n) is 9.41. The number of nitrogens with zero attached hydrogens (tertiary/aromatic N) is 1. The second-order valence-electron chi connectivity index (χ2n) is 14.2. The standard InChI is InChI=1S/C51H29N/c1-3-15-39-37(13-1)46(34-24-25-45-33(27-34)12-8-26-52-45)38-14-2-4-16-40(38)47(39)36-28-35-23-22-32-10-6-18-42-41-17-5-9-30-20-21-31-11-7-19-43(50(31)48(30)41)44(29-36)51(35)49(32)42/h1-29H. The van der Waals surface area contributed by atoms with Crippen LogP contribution in [0.25, 0.3) is 119 Å². The van der Waals surface area contributed by atoms with Gasteiger partial charge in [-0.1, -0.05) is 140 Å². The van der Waals surface area contributed by atoms with Gasteiger partial charge in [0.05, 0.1) is 5.52 Å². The zero-order chi connectivity index (χ0) is 33.9. The van der Waals surface area contributed by atoms with Crippen LogP contribution in [0.2, 0.25) is 0 Å². The summed E-state index contributed by atoms with van der Waals surface area (Å²) in [7, 11) is 0. The van der Waals surface area contributed by atoms with Gasteiger partial charge in [0.1, 0.15) is 0 Å². The zero-order valence-electron chi connectivity index (χ0n) is 28.2. The van der Waals surface area contributed by atoms with E-state index in [-0.39, 0.29) is 0 Å². The van der Waals surface area contributed by atoms with Crippen molar-refractivity contribution in [3.8, 4) is 22.3 Å². The number of fused-ring (bicyclic) bond motifs is 5. The molecule has 0 aliphatic rings. The molecule has 1 aromatic heterocycles. The molecule has 11 aromatic carbocycles. The van der Waals surface area contributed by atoms with Gasteiger partial charge in [0.2, 0.25) is 0 Å². The van der Waals surface area contributed by atoms with Crippen LogP contribution >= 0.6 is 0 Å². The predicted molar refractivity (Wildman–Crippen MR) is 224 cm³/mol. The van der Waals surface area contributed by atoms with Gasteiger partial charge in [-0.3, -0.25) is 4.98 Å². The Balaban J connectivity index is 1.28. The summed E-state index contributed by atoms with van der Waals surface area (Å²) in [6, 6.07) is 63.4. The Labute approximate surface area is 299 Å². The molecule has 0 atom stereocenters. The maximum absolute atomic E-state index is 4.61. The van der Waals surface area contributed by atoms with Crippen LogP contribution in [-0.2, 0) is 0 Å². The minimum Gasteiger partial charge on any atom is -0.256 e. The van der Waals surface area contributed by atoms with Crippen LogP contribution in [0.3, 0.4) is 0 Å². The largest absolute Gasteiger partial charge is 0.256 e. The van der Waals surface area contributed by atoms with Crippen LogP contribution in [0.15, 0.2) is 176 Å². The van der Waals surface area contributed by atoms with Gasteiger partial charge in [-0.25, -0.2) is 0 Å². The fraction of sp³-hybridized carbons (Fsp3) is 0. The minimum atomic E-state index is 1.01. The molecule has 0 saturated heterocycles. The van der Waals surface area contributed by atoms with Crippen LogP contribution in [-0.4, -0.2) is 4.98 Å². The van der Waals surface area contributed by atoms with E-state index in [4.69, 9.17) is 0 Å². The summed E-state index contributed by atoms with van der Waals surface area (Å²) in [4.78, 5) is 4.61. The topological polar surface area (TPSA) is 12.9 Å². The van der Waals surface area contributed by atoms with E-state index in [1.54, 1.807) is 0 Å². The summed E-state index contributed by atoms with van der Waals surface area (Å²) in [6.45, 7) is 0. The molecule has 238 valence electrons. The molecule has 0 unspecified atom stereocenters. The Morgan fingerprint density at radius 1 is 0.269 bits per heavy atom. The Kier molecular flexibility index (Phi) is 5.56. The van der Waals surface area contributed by atoms with Crippen molar-refractivity contribution in [3.05, 3.63) is 176 Å². The maximum atomic E-state index is 4.61. The van der Waals surface area contributed by atoms with Crippen molar-refractivity contribution in [2.75, 3.05) is 0 Å². The first-order valence-electron chi connectivity index (χ1n) is 18.0. The molecule has 52 heavy (non-hydrogen) atoms. The van der Waals surface area contributed by atoms with Crippen molar-refractivity contribution in [3.63, 3.8) is 0 Å². The van der Waals surface area contributed by atoms with E-state index in [1.165, 1.54) is 108 Å². The monoisotopic (exact) mass is 655 g/mol. The number of rotatable bonds is 2. The molecule has 0 aliphatic heterocycles. The second kappa shape index (κ2) is 10.4. The summed E-state index contributed by atoms with van der Waals surface area (Å²) >= 11 is 0. The number of pyridine rings is 1. The average Bonchev–Trinajstić information content (AvgIpc) is 3.20. The first kappa shape index (κ1) is 27.9. The lowest BCUT2D eigenvalue weighted by molar-refractivity contribution is 1.41. The lowest BCUT2D eigenvalue weighted by Gasteiger charge is -2.20. The third-order valence-corrected chi connectivity index (χ3v) is 11.5. The Morgan fingerprint density at radius 3 is 1.29 bits per heavy atom. The normalized spacial score (nSPS) is 12.2. The van der Waals surface area contributed by atoms with Crippen molar-refractivity contribution in [2.45, 2.75) is 0 Å². The lowest BCUT2D eigenvalue weighted by Crippen LogP contribution is -1.92. The van der Waals surface area contributed by atoms with E-state index >= 15 is 0 Å². The third-order valence-electron chi connectivity index (χ3n) is 11.5. The third kappa shape index (κ3) is 3.75. The molecule has 0 spiro atoms. The van der Waals surface area contributed by atoms with Crippen molar-refractivity contribution in [2.24, 2.45) is 0 Å². The van der Waals surface area contributed by atoms with Gasteiger partial charge >= 0.3 is 0 Å². The van der Waals surface area contributed by atoms with E-state index in [1.807, 2.05) is 12.3 Å². The second-order valence-corrected chi connectivity index (χ2v) is 14.2. The van der Waals surface area contributed by atoms with Crippen molar-refractivity contribution >= 4 is 97.1 Å². The van der Waals surface area contributed by atoms with E-state index in [2.05, 4.69) is 169 Å². The Morgan fingerprint density at radius 2 is 0.712 bits per heavy atom. The van der Waals surface area contributed by atoms with Crippen LogP contribution < -0.4 is 0 Å². The predicted octanol–water partition coefficient (Wildman–Crippen LogP) is 14.2. The number of aromatic nitrogens is 1. The van der Waals surface area contributed by atoms with Crippen molar-refractivity contribution in [1.29, 1.82) is 0 Å². The molecule has 12 rings (SSSR count). The molecular weight excluding hydrogens is 627 g/mol. The molecular formula is C51H29N. The summed E-state index contributed by atoms with van der Waals surface area (Å²) in [5, 5.41) is 21.8. The van der Waals surface area contributed by atoms with Gasteiger partial charge in [-0.15, -0.1) is 0 Å². The molecule has 0 radical (unpaired) electrons. The smallest absolute Gasteiger partial charge is 0.0702 e. The Bertz CT molecular complexity index is 3400. The molecule has 1 heteroatoms. The summed E-state index contributed by atoms with van der Waals surface area (Å²) < 4.78 is 0. The summed E-state index contributed by atoms with van der Waals surface area (Å²) in [5.41, 5.74) is 5.99. The van der Waals surface area contributed by atoms with Gasteiger partial charge in [0.15, 0.2) is 0 Å². The van der Waals surface area contributed by atoms with Gasteiger partial charge < -0.3 is 0 Å². The van der Waals surface area contributed by atoms with Gasteiger partial charge in [0.25, 0.3) is 0 Å². The van der Waals surface area contributed by atoms with Crippen LogP contribution in [0.1, 0.15) is 0 Å². The molecule has 1 heterocycles. The number of benzene rings is 10. The summed E-state index contributed by atoms with van der Waals surface area (Å²) in [6.07, 6.45) is 1.87. The molecule has 0 amide bonds. The van der Waals surface area contributed by atoms with Crippen LogP contribution in [0, 0.1) is 0 Å². The first-order valence-corrected chi connectivity index (χ1v) is 18.0. The highest BCUT2D eigenvalue weighted by Crippen LogP contribution is 2.48. The molecule has 0 fully saturated rings. The van der Waals surface area contributed by atoms with Crippen LogP contribution in [0.4, 0.5) is 0 Å². The number of hydrogen-bond donors (Lipinski definition) is 0. The molecule has 0 N–H and O–H groups in total. The highest BCUT2D eigenvalue weighted by Gasteiger charge is 2.20. The van der Waals surface area contributed by atoms with Gasteiger partial charge in [0, 0.05) is 11.6 Å². The number of hydrogen-bond acceptors (Lipinski definition) is 1.